The number of carbonyl (C=O) groups excluding carboxylic acids is 2. The summed E-state index contributed by atoms with van der Waals surface area (Å²) >= 11 is 0. The van der Waals surface area contributed by atoms with Crippen LogP contribution in [0.5, 0.6) is 11.5 Å². The van der Waals surface area contributed by atoms with Crippen molar-refractivity contribution >= 4 is 28.8 Å². The fraction of sp³-hybridized carbons (Fsp3) is 0.290. The lowest BCUT2D eigenvalue weighted by atomic mass is 9.94. The topological polar surface area (TPSA) is 90.3 Å². The van der Waals surface area contributed by atoms with E-state index in [1.807, 2.05) is 45.0 Å². The minimum atomic E-state index is -0.861. The molecule has 2 saturated heterocycles. The summed E-state index contributed by atoms with van der Waals surface area (Å²) in [6.45, 7) is 7.73. The number of benzene rings is 3. The van der Waals surface area contributed by atoms with Gasteiger partial charge >= 0.3 is 0 Å². The fourth-order valence-corrected chi connectivity index (χ4v) is 5.21. The first-order valence-corrected chi connectivity index (χ1v) is 13.0. The summed E-state index contributed by atoms with van der Waals surface area (Å²) in [5.41, 5.74) is 3.46. The summed E-state index contributed by atoms with van der Waals surface area (Å²) in [7, 11) is 0. The van der Waals surface area contributed by atoms with Gasteiger partial charge < -0.3 is 19.8 Å². The zero-order chi connectivity index (χ0) is 27.0. The van der Waals surface area contributed by atoms with Gasteiger partial charge in [-0.3, -0.25) is 14.5 Å². The van der Waals surface area contributed by atoms with Crippen LogP contribution in [0.15, 0.2) is 72.3 Å². The van der Waals surface area contributed by atoms with Crippen LogP contribution < -0.4 is 14.5 Å². The Morgan fingerprint density at radius 1 is 0.921 bits per heavy atom. The molecule has 2 fully saturated rings. The molecule has 7 nitrogen and oxygen atoms in total. The van der Waals surface area contributed by atoms with Crippen LogP contribution in [-0.4, -0.2) is 41.1 Å². The quantitative estimate of drug-likeness (QED) is 0.250. The van der Waals surface area contributed by atoms with E-state index in [4.69, 9.17) is 4.74 Å². The number of aromatic hydroxyl groups is 1. The van der Waals surface area contributed by atoms with E-state index in [0.717, 1.165) is 37.2 Å². The van der Waals surface area contributed by atoms with Gasteiger partial charge in [-0.2, -0.15) is 0 Å². The molecule has 1 amide bonds. The van der Waals surface area contributed by atoms with Crippen molar-refractivity contribution in [3.63, 3.8) is 0 Å². The average Bonchev–Trinajstić information content (AvgIpc) is 3.53. The van der Waals surface area contributed by atoms with Crippen molar-refractivity contribution in [2.24, 2.45) is 0 Å². The summed E-state index contributed by atoms with van der Waals surface area (Å²) in [5, 5.41) is 21.3. The van der Waals surface area contributed by atoms with Crippen LogP contribution in [-0.2, 0) is 9.59 Å². The highest BCUT2D eigenvalue weighted by atomic mass is 16.5. The van der Waals surface area contributed by atoms with E-state index >= 15 is 0 Å². The van der Waals surface area contributed by atoms with Gasteiger partial charge in [-0.05, 0) is 99.3 Å². The number of aryl methyl sites for hydroxylation is 1. The number of ketones is 1. The summed E-state index contributed by atoms with van der Waals surface area (Å²) in [6, 6.07) is 18.3. The predicted molar refractivity (Wildman–Crippen MR) is 148 cm³/mol. The third kappa shape index (κ3) is 4.72. The molecule has 196 valence electrons. The third-order valence-corrected chi connectivity index (χ3v) is 7.06. The second-order valence-corrected chi connectivity index (χ2v) is 10.1. The van der Waals surface area contributed by atoms with Gasteiger partial charge in [0.1, 0.15) is 17.3 Å². The summed E-state index contributed by atoms with van der Waals surface area (Å²) in [5.74, 6) is -0.974. The highest BCUT2D eigenvalue weighted by Crippen LogP contribution is 2.43. The summed E-state index contributed by atoms with van der Waals surface area (Å²) in [4.78, 5) is 30.6. The van der Waals surface area contributed by atoms with Crippen molar-refractivity contribution in [2.75, 3.05) is 22.9 Å². The van der Waals surface area contributed by atoms with Gasteiger partial charge in [0, 0.05) is 30.0 Å². The third-order valence-electron chi connectivity index (χ3n) is 7.06. The average molecular weight is 513 g/mol. The number of aliphatic hydroxyl groups excluding tert-OH is 1. The van der Waals surface area contributed by atoms with Crippen molar-refractivity contribution in [1.29, 1.82) is 0 Å². The van der Waals surface area contributed by atoms with Crippen molar-refractivity contribution in [3.8, 4) is 11.5 Å². The minimum absolute atomic E-state index is 0.00115. The first-order valence-electron chi connectivity index (χ1n) is 13.0. The molecule has 2 aliphatic heterocycles. The van der Waals surface area contributed by atoms with Gasteiger partial charge in [0.25, 0.3) is 11.7 Å². The zero-order valence-electron chi connectivity index (χ0n) is 21.8. The van der Waals surface area contributed by atoms with Gasteiger partial charge in [0.15, 0.2) is 0 Å². The number of ether oxygens (including phenoxy) is 1. The molecular formula is C31H32N2O5. The van der Waals surface area contributed by atoms with Gasteiger partial charge in [-0.1, -0.05) is 12.1 Å². The second-order valence-electron chi connectivity index (χ2n) is 10.1. The number of phenols is 1. The molecule has 0 saturated carbocycles. The molecule has 3 aromatic rings. The van der Waals surface area contributed by atoms with Gasteiger partial charge in [0.2, 0.25) is 0 Å². The summed E-state index contributed by atoms with van der Waals surface area (Å²) in [6.07, 6.45) is 2.30. The maximum atomic E-state index is 13.4. The molecule has 2 N–H and O–H groups in total. The van der Waals surface area contributed by atoms with Gasteiger partial charge in [0.05, 0.1) is 17.7 Å². The molecule has 1 unspecified atom stereocenters. The number of Topliss-reactive ketones (excluding diaryl/α,β-unsaturated/α-hetero) is 1. The number of rotatable bonds is 6. The van der Waals surface area contributed by atoms with Crippen molar-refractivity contribution in [1.82, 2.24) is 0 Å². The van der Waals surface area contributed by atoms with Crippen LogP contribution in [0.4, 0.5) is 11.4 Å². The van der Waals surface area contributed by atoms with E-state index < -0.39 is 17.7 Å². The first-order chi connectivity index (χ1) is 18.2. The lowest BCUT2D eigenvalue weighted by molar-refractivity contribution is -0.132. The monoisotopic (exact) mass is 512 g/mol. The van der Waals surface area contributed by atoms with Crippen LogP contribution in [0.1, 0.15) is 49.4 Å². The molecule has 2 heterocycles. The van der Waals surface area contributed by atoms with Crippen LogP contribution >= 0.6 is 0 Å². The summed E-state index contributed by atoms with van der Waals surface area (Å²) < 4.78 is 5.81. The molecule has 0 aliphatic carbocycles. The highest BCUT2D eigenvalue weighted by Gasteiger charge is 2.47. The minimum Gasteiger partial charge on any atom is -0.508 e. The molecule has 0 aromatic heterocycles. The van der Waals surface area contributed by atoms with Crippen molar-refractivity contribution in [3.05, 3.63) is 89.0 Å². The molecule has 0 radical (unpaired) electrons. The molecular weight excluding hydrogens is 480 g/mol. The Balaban J connectivity index is 1.60. The zero-order valence-corrected chi connectivity index (χ0v) is 21.8. The van der Waals surface area contributed by atoms with Crippen LogP contribution in [0, 0.1) is 6.92 Å². The number of amides is 1. The van der Waals surface area contributed by atoms with E-state index in [9.17, 15) is 19.8 Å². The number of aliphatic hydroxyl groups is 1. The van der Waals surface area contributed by atoms with Gasteiger partial charge in [-0.15, -0.1) is 0 Å². The molecule has 0 spiro atoms. The first kappa shape index (κ1) is 25.4. The highest BCUT2D eigenvalue weighted by molar-refractivity contribution is 6.51. The van der Waals surface area contributed by atoms with Gasteiger partial charge in [-0.25, -0.2) is 0 Å². The van der Waals surface area contributed by atoms with E-state index in [1.165, 1.54) is 17.0 Å². The van der Waals surface area contributed by atoms with Crippen molar-refractivity contribution in [2.45, 2.75) is 45.8 Å². The molecule has 7 heteroatoms. The molecule has 1 atom stereocenters. The van der Waals surface area contributed by atoms with E-state index in [0.29, 0.717) is 22.6 Å². The number of carbonyl (C=O) groups is 2. The Morgan fingerprint density at radius 2 is 1.55 bits per heavy atom. The van der Waals surface area contributed by atoms with Crippen LogP contribution in [0.25, 0.3) is 5.76 Å². The number of hydrogen-bond donors (Lipinski definition) is 2. The smallest absolute Gasteiger partial charge is 0.300 e. The van der Waals surface area contributed by atoms with E-state index in [2.05, 4.69) is 4.90 Å². The molecule has 5 rings (SSSR count). The van der Waals surface area contributed by atoms with E-state index in [1.54, 1.807) is 30.3 Å². The SMILES string of the molecule is Cc1cc(/C(O)=C2/C(=O)C(=O)N(c3ccc(N4CCCC4)cc3)C2c2ccc(O)cc2)ccc1OC(C)C. The largest absolute Gasteiger partial charge is 0.508 e. The Bertz CT molecular complexity index is 1390. The normalized spacial score (nSPS) is 19.0. The van der Waals surface area contributed by atoms with E-state index in [-0.39, 0.29) is 23.2 Å². The molecule has 2 aliphatic rings. The molecule has 0 bridgehead atoms. The number of anilines is 2. The number of nitrogens with zero attached hydrogens (tertiary/aromatic N) is 2. The second kappa shape index (κ2) is 10.2. The van der Waals surface area contributed by atoms with Crippen molar-refractivity contribution < 1.29 is 24.5 Å². The number of phenolic OH excluding ortho intramolecular Hbond substituents is 1. The lowest BCUT2D eigenvalue weighted by Crippen LogP contribution is -2.29. The molecule has 3 aromatic carbocycles. The standard InChI is InChI=1S/C31H32N2O5/c1-19(2)38-26-15-8-22(18-20(26)3)29(35)27-28(21-6-13-25(34)14-7-21)33(31(37)30(27)36)24-11-9-23(10-12-24)32-16-4-5-17-32/h6-15,18-19,28,34-35H,4-5,16-17H2,1-3H3/b29-27-. The number of hydrogen-bond acceptors (Lipinski definition) is 6. The Hall–Kier alpha value is -4.26. The maximum absolute atomic E-state index is 13.4. The Kier molecular flexibility index (Phi) is 6.85. The molecule has 38 heavy (non-hydrogen) atoms. The maximum Gasteiger partial charge on any atom is 0.300 e. The predicted octanol–water partition coefficient (Wildman–Crippen LogP) is 5.71. The fourth-order valence-electron chi connectivity index (χ4n) is 5.21. The van der Waals surface area contributed by atoms with Crippen LogP contribution in [0.2, 0.25) is 0 Å². The Morgan fingerprint density at radius 3 is 2.16 bits per heavy atom. The lowest BCUT2D eigenvalue weighted by Gasteiger charge is -2.26. The Labute approximate surface area is 222 Å². The van der Waals surface area contributed by atoms with Crippen LogP contribution in [0.3, 0.4) is 0 Å².